The Kier molecular flexibility index (Phi) is 7.53. The van der Waals surface area contributed by atoms with E-state index in [4.69, 9.17) is 27.0 Å². The first-order valence-corrected chi connectivity index (χ1v) is 13.5. The third-order valence-corrected chi connectivity index (χ3v) is 9.50. The Morgan fingerprint density at radius 1 is 0.921 bits per heavy atom. The number of ether oxygens (including phenoxy) is 1. The van der Waals surface area contributed by atoms with Gasteiger partial charge in [-0.05, 0) is 73.1 Å². The van der Waals surface area contributed by atoms with Crippen molar-refractivity contribution in [2.45, 2.75) is 103 Å². The summed E-state index contributed by atoms with van der Waals surface area (Å²) in [5.41, 5.74) is 14.1. The predicted molar refractivity (Wildman–Crippen MR) is 141 cm³/mol. The zero-order valence-electron chi connectivity index (χ0n) is 23.8. The summed E-state index contributed by atoms with van der Waals surface area (Å²) in [6, 6.07) is 0. The van der Waals surface area contributed by atoms with E-state index < -0.39 is 22.5 Å². The minimum absolute atomic E-state index is 0.114. The Morgan fingerprint density at radius 3 is 1.68 bits per heavy atom. The number of carboxylic acid groups (broad SMARTS) is 1. The van der Waals surface area contributed by atoms with E-state index in [0.717, 1.165) is 25.7 Å². The summed E-state index contributed by atoms with van der Waals surface area (Å²) in [5, 5.41) is 14.5. The number of hydrogen-bond acceptors (Lipinski definition) is 8. The van der Waals surface area contributed by atoms with E-state index in [9.17, 15) is 19.2 Å². The average Bonchev–Trinajstić information content (AvgIpc) is 3.67. The first-order valence-electron chi connectivity index (χ1n) is 13.5. The molecule has 9 N–H and O–H groups in total. The van der Waals surface area contributed by atoms with Gasteiger partial charge in [-0.1, -0.05) is 6.92 Å². The molecule has 5 aliphatic rings. The smallest absolute Gasteiger partial charge is 0.311 e. The van der Waals surface area contributed by atoms with Gasteiger partial charge in [-0.25, -0.2) is 0 Å². The monoisotopic (exact) mass is 537 g/mol. The molecule has 0 bridgehead atoms. The van der Waals surface area contributed by atoms with Crippen molar-refractivity contribution in [2.24, 2.45) is 38.9 Å². The molecule has 11 heteroatoms. The minimum Gasteiger partial charge on any atom is -0.481 e. The van der Waals surface area contributed by atoms with Crippen LogP contribution in [0.3, 0.4) is 0 Å². The number of esters is 1. The van der Waals surface area contributed by atoms with E-state index in [-0.39, 0.29) is 46.1 Å². The maximum Gasteiger partial charge on any atom is 0.311 e. The number of nitrogens with one attached hydrogen (secondary N) is 2. The summed E-state index contributed by atoms with van der Waals surface area (Å²) in [4.78, 5) is 45.6. The van der Waals surface area contributed by atoms with Crippen LogP contribution in [0.15, 0.2) is 0 Å². The second-order valence-electron chi connectivity index (χ2n) is 13.8. The highest BCUT2D eigenvalue weighted by Gasteiger charge is 2.66. The van der Waals surface area contributed by atoms with Gasteiger partial charge in [0.05, 0.1) is 22.7 Å². The number of rotatable bonds is 5. The Hall–Kier alpha value is -2.24. The van der Waals surface area contributed by atoms with Crippen molar-refractivity contribution in [3.05, 3.63) is 0 Å². The molecule has 38 heavy (non-hydrogen) atoms. The van der Waals surface area contributed by atoms with Crippen molar-refractivity contribution in [2.75, 3.05) is 19.6 Å². The topological polar surface area (TPSA) is 200 Å². The average molecular weight is 538 g/mol. The third-order valence-electron chi connectivity index (χ3n) is 9.50. The lowest BCUT2D eigenvalue weighted by atomic mass is 9.74. The molecule has 3 unspecified atom stereocenters. The van der Waals surface area contributed by atoms with Crippen LogP contribution in [0, 0.1) is 21.7 Å². The van der Waals surface area contributed by atoms with Crippen LogP contribution in [0.1, 0.15) is 86.5 Å². The molecule has 0 aromatic rings. The zero-order chi connectivity index (χ0) is 29.0. The summed E-state index contributed by atoms with van der Waals surface area (Å²) in [5.74, 6) is -0.739. The van der Waals surface area contributed by atoms with Crippen LogP contribution >= 0.6 is 0 Å². The SMILES string of the molecule is CC(C)(C)OC(=O)CC1(C)CNC(=O)C12CC2.CC(N)(CN)C1(C(=O)O)CC1.CC1(N)CNC(=O)C12CC2. The molecule has 2 heterocycles. The molecule has 0 aromatic heterocycles. The Labute approximate surface area is 225 Å². The van der Waals surface area contributed by atoms with Gasteiger partial charge in [0.2, 0.25) is 11.8 Å². The maximum atomic E-state index is 11.9. The molecule has 216 valence electrons. The van der Waals surface area contributed by atoms with Crippen LogP contribution in [0.2, 0.25) is 0 Å². The van der Waals surface area contributed by atoms with Crippen LogP contribution < -0.4 is 27.8 Å². The van der Waals surface area contributed by atoms with E-state index >= 15 is 0 Å². The van der Waals surface area contributed by atoms with Crippen LogP contribution in [-0.4, -0.2) is 65.2 Å². The molecule has 3 saturated carbocycles. The fraction of sp³-hybridized carbons (Fsp3) is 0.852. The molecule has 3 atom stereocenters. The lowest BCUT2D eigenvalue weighted by Gasteiger charge is -2.29. The summed E-state index contributed by atoms with van der Waals surface area (Å²) in [7, 11) is 0. The molecule has 2 amide bonds. The van der Waals surface area contributed by atoms with Crippen molar-refractivity contribution in [3.63, 3.8) is 0 Å². The molecule has 0 radical (unpaired) electrons. The van der Waals surface area contributed by atoms with Crippen molar-refractivity contribution in [1.82, 2.24) is 10.6 Å². The Morgan fingerprint density at radius 2 is 1.39 bits per heavy atom. The molecule has 2 saturated heterocycles. The molecule has 5 rings (SSSR count). The number of carbonyl (C=O) groups excluding carboxylic acids is 3. The predicted octanol–water partition coefficient (Wildman–Crippen LogP) is 0.776. The van der Waals surface area contributed by atoms with Crippen molar-refractivity contribution < 1.29 is 29.0 Å². The van der Waals surface area contributed by atoms with Gasteiger partial charge in [0.25, 0.3) is 0 Å². The fourth-order valence-corrected chi connectivity index (χ4v) is 5.91. The summed E-state index contributed by atoms with van der Waals surface area (Å²) < 4.78 is 5.34. The van der Waals surface area contributed by atoms with Gasteiger partial charge < -0.3 is 37.7 Å². The lowest BCUT2D eigenvalue weighted by molar-refractivity contribution is -0.158. The van der Waals surface area contributed by atoms with Crippen LogP contribution in [-0.2, 0) is 23.9 Å². The normalized spacial score (nSPS) is 32.0. The van der Waals surface area contributed by atoms with E-state index in [2.05, 4.69) is 10.6 Å². The molecule has 5 fully saturated rings. The molecule has 3 aliphatic carbocycles. The first kappa shape index (κ1) is 30.3. The molecular weight excluding hydrogens is 490 g/mol. The van der Waals surface area contributed by atoms with E-state index in [1.54, 1.807) is 6.92 Å². The maximum absolute atomic E-state index is 11.9. The van der Waals surface area contributed by atoms with Gasteiger partial charge >= 0.3 is 11.9 Å². The van der Waals surface area contributed by atoms with Crippen LogP contribution in [0.4, 0.5) is 0 Å². The Bertz CT molecular complexity index is 988. The highest BCUT2D eigenvalue weighted by atomic mass is 16.6. The van der Waals surface area contributed by atoms with Gasteiger partial charge in [0.15, 0.2) is 0 Å². The summed E-state index contributed by atoms with van der Waals surface area (Å²) >= 11 is 0. The number of aliphatic carboxylic acids is 1. The van der Waals surface area contributed by atoms with Crippen molar-refractivity contribution in [3.8, 4) is 0 Å². The number of carboxylic acids is 1. The molecule has 2 spiro atoms. The second kappa shape index (κ2) is 9.45. The molecule has 0 aromatic carbocycles. The van der Waals surface area contributed by atoms with Crippen molar-refractivity contribution in [1.29, 1.82) is 0 Å². The van der Waals surface area contributed by atoms with Gasteiger partial charge in [-0.2, -0.15) is 0 Å². The fourth-order valence-electron chi connectivity index (χ4n) is 5.91. The second-order valence-corrected chi connectivity index (χ2v) is 13.8. The highest BCUT2D eigenvalue weighted by Crippen LogP contribution is 2.62. The molecule has 2 aliphatic heterocycles. The van der Waals surface area contributed by atoms with Crippen LogP contribution in [0.5, 0.6) is 0 Å². The number of carbonyl (C=O) groups is 4. The largest absolute Gasteiger partial charge is 0.481 e. The summed E-state index contributed by atoms with van der Waals surface area (Å²) in [6.07, 6.45) is 5.40. The molecule has 11 nitrogen and oxygen atoms in total. The zero-order valence-corrected chi connectivity index (χ0v) is 23.8. The first-order chi connectivity index (χ1) is 17.2. The van der Waals surface area contributed by atoms with E-state index in [1.165, 1.54) is 0 Å². The van der Waals surface area contributed by atoms with Gasteiger partial charge in [-0.3, -0.25) is 19.2 Å². The third kappa shape index (κ3) is 5.29. The van der Waals surface area contributed by atoms with Gasteiger partial charge in [0.1, 0.15) is 5.60 Å². The van der Waals surface area contributed by atoms with E-state index in [1.807, 2.05) is 34.6 Å². The lowest BCUT2D eigenvalue weighted by Crippen LogP contribution is -2.54. The summed E-state index contributed by atoms with van der Waals surface area (Å²) in [6.45, 7) is 12.7. The number of hydrogen-bond donors (Lipinski definition) is 6. The standard InChI is InChI=1S/C13H21NO3.C7H14N2O2.C7H12N2O/c1-11(2,3)17-9(15)7-12(4)8-14-10(16)13(12)5-6-13;1-6(9,4-8)7(2-3-7)5(10)11;1-6(8)4-9-5(10)7(6)2-3-7/h5-8H2,1-4H3,(H,14,16);2-4,8-9H2,1H3,(H,10,11);2-4,8H2,1H3,(H,9,10). The minimum atomic E-state index is -0.812. The van der Waals surface area contributed by atoms with Crippen molar-refractivity contribution >= 4 is 23.8 Å². The highest BCUT2D eigenvalue weighted by molar-refractivity contribution is 5.90. The van der Waals surface area contributed by atoms with Gasteiger partial charge in [-0.15, -0.1) is 0 Å². The van der Waals surface area contributed by atoms with Crippen LogP contribution in [0.25, 0.3) is 0 Å². The van der Waals surface area contributed by atoms with Gasteiger partial charge in [0, 0.05) is 36.1 Å². The number of amides is 2. The Balaban J connectivity index is 0.000000166. The molecular formula is C27H47N5O6. The number of nitrogens with two attached hydrogens (primary N) is 3. The quantitative estimate of drug-likeness (QED) is 0.274. The van der Waals surface area contributed by atoms with E-state index in [0.29, 0.717) is 32.4 Å².